The number of aromatic nitrogens is 5. The third-order valence-corrected chi connectivity index (χ3v) is 4.09. The third-order valence-electron chi connectivity index (χ3n) is 4.09. The first kappa shape index (κ1) is 16.6. The topological polar surface area (TPSA) is 97.6 Å². The molecular weight excluding hydrogens is 342 g/mol. The second kappa shape index (κ2) is 7.20. The Labute approximate surface area is 155 Å². The largest absolute Gasteiger partial charge is 0.376 e. The lowest BCUT2D eigenvalue weighted by atomic mass is 10.2. The molecule has 2 N–H and O–H groups in total. The molecule has 0 fully saturated rings. The number of hydrogen-bond donors (Lipinski definition) is 2. The summed E-state index contributed by atoms with van der Waals surface area (Å²) in [6, 6.07) is 9.43. The number of fused-ring (bicyclic) bond motifs is 1. The number of amides is 1. The molecular formula is C19H17N7O. The molecule has 3 aromatic heterocycles. The highest BCUT2D eigenvalue weighted by atomic mass is 16.1. The Morgan fingerprint density at radius 1 is 1.07 bits per heavy atom. The van der Waals surface area contributed by atoms with Gasteiger partial charge < -0.3 is 10.6 Å². The number of carbonyl (C=O) groups excluding carboxylic acids is 1. The molecule has 8 nitrogen and oxygen atoms in total. The van der Waals surface area contributed by atoms with Gasteiger partial charge in [0.25, 0.3) is 0 Å². The van der Waals surface area contributed by atoms with E-state index in [1.54, 1.807) is 37.1 Å². The van der Waals surface area contributed by atoms with Gasteiger partial charge in [0, 0.05) is 42.3 Å². The van der Waals surface area contributed by atoms with Crippen LogP contribution in [0.1, 0.15) is 0 Å². The van der Waals surface area contributed by atoms with E-state index in [0.29, 0.717) is 5.82 Å². The molecule has 0 atom stereocenters. The highest BCUT2D eigenvalue weighted by Gasteiger charge is 2.06. The average molecular weight is 359 g/mol. The van der Waals surface area contributed by atoms with Gasteiger partial charge in [0.1, 0.15) is 5.82 Å². The number of nitrogens with one attached hydrogen (secondary N) is 2. The van der Waals surface area contributed by atoms with Gasteiger partial charge in [-0.15, -0.1) is 0 Å². The van der Waals surface area contributed by atoms with Gasteiger partial charge in [0.05, 0.1) is 30.1 Å². The molecule has 1 amide bonds. The normalized spacial score (nSPS) is 10.7. The van der Waals surface area contributed by atoms with Crippen molar-refractivity contribution in [3.63, 3.8) is 0 Å². The van der Waals surface area contributed by atoms with Gasteiger partial charge >= 0.3 is 0 Å². The first-order valence-electron chi connectivity index (χ1n) is 8.37. The third kappa shape index (κ3) is 3.74. The maximum Gasteiger partial charge on any atom is 0.244 e. The number of carbonyl (C=O) groups is 1. The second-order valence-electron chi connectivity index (χ2n) is 5.97. The molecule has 134 valence electrons. The quantitative estimate of drug-likeness (QED) is 0.568. The van der Waals surface area contributed by atoms with E-state index >= 15 is 0 Å². The van der Waals surface area contributed by atoms with Crippen molar-refractivity contribution in [2.75, 3.05) is 17.2 Å². The number of anilines is 2. The summed E-state index contributed by atoms with van der Waals surface area (Å²) in [7, 11) is 1.89. The summed E-state index contributed by atoms with van der Waals surface area (Å²) < 4.78 is 1.81. The molecule has 0 saturated heterocycles. The molecule has 0 bridgehead atoms. The van der Waals surface area contributed by atoms with Crippen molar-refractivity contribution in [2.45, 2.75) is 0 Å². The summed E-state index contributed by atoms with van der Waals surface area (Å²) >= 11 is 0. The predicted molar refractivity (Wildman–Crippen MR) is 103 cm³/mol. The maximum absolute atomic E-state index is 12.2. The minimum absolute atomic E-state index is 0.138. The van der Waals surface area contributed by atoms with Gasteiger partial charge in [-0.1, -0.05) is 0 Å². The van der Waals surface area contributed by atoms with Crippen LogP contribution in [0.3, 0.4) is 0 Å². The molecule has 0 aliphatic heterocycles. The summed E-state index contributed by atoms with van der Waals surface area (Å²) in [5.74, 6) is 0.304. The number of aryl methyl sites for hydroxylation is 1. The summed E-state index contributed by atoms with van der Waals surface area (Å²) in [4.78, 5) is 24.7. The summed E-state index contributed by atoms with van der Waals surface area (Å²) in [5, 5.41) is 11.1. The molecule has 4 rings (SSSR count). The van der Waals surface area contributed by atoms with Crippen LogP contribution in [0.15, 0.2) is 61.3 Å². The van der Waals surface area contributed by atoms with Gasteiger partial charge in [-0.2, -0.15) is 5.10 Å². The monoisotopic (exact) mass is 359 g/mol. The number of nitrogens with zero attached hydrogens (tertiary/aromatic N) is 5. The molecule has 4 aromatic rings. The van der Waals surface area contributed by atoms with Crippen LogP contribution in [0.2, 0.25) is 0 Å². The molecule has 27 heavy (non-hydrogen) atoms. The molecule has 0 spiro atoms. The highest BCUT2D eigenvalue weighted by Crippen LogP contribution is 2.18. The maximum atomic E-state index is 12.2. The molecule has 8 heteroatoms. The molecule has 0 aliphatic rings. The van der Waals surface area contributed by atoms with Gasteiger partial charge in [-0.25, -0.2) is 4.98 Å². The average Bonchev–Trinajstić information content (AvgIpc) is 3.08. The van der Waals surface area contributed by atoms with Crippen LogP contribution in [0, 0.1) is 0 Å². The zero-order valence-corrected chi connectivity index (χ0v) is 14.6. The zero-order chi connectivity index (χ0) is 18.6. The second-order valence-corrected chi connectivity index (χ2v) is 5.97. The predicted octanol–water partition coefficient (Wildman–Crippen LogP) is 2.48. The van der Waals surface area contributed by atoms with Crippen molar-refractivity contribution >= 4 is 28.3 Å². The van der Waals surface area contributed by atoms with E-state index in [-0.39, 0.29) is 12.5 Å². The Morgan fingerprint density at radius 3 is 2.78 bits per heavy atom. The first-order chi connectivity index (χ1) is 13.2. The fraction of sp³-hybridized carbons (Fsp3) is 0.105. The van der Waals surface area contributed by atoms with Crippen LogP contribution in [0.5, 0.6) is 0 Å². The van der Waals surface area contributed by atoms with Crippen molar-refractivity contribution in [3.05, 3.63) is 61.3 Å². The number of rotatable bonds is 5. The Kier molecular flexibility index (Phi) is 4.44. The summed E-state index contributed by atoms with van der Waals surface area (Å²) in [6.07, 6.45) is 8.36. The van der Waals surface area contributed by atoms with E-state index in [2.05, 4.69) is 30.7 Å². The molecule has 0 unspecified atom stereocenters. The number of pyridine rings is 1. The van der Waals surface area contributed by atoms with E-state index in [1.807, 2.05) is 36.0 Å². The van der Waals surface area contributed by atoms with Crippen LogP contribution in [-0.2, 0) is 11.8 Å². The SMILES string of the molecule is Cn1ncc2cc(NCC(=O)Nc3ccc(-c4cnccn4)cn3)ccc21. The lowest BCUT2D eigenvalue weighted by Gasteiger charge is -2.08. The number of hydrogen-bond acceptors (Lipinski definition) is 6. The van der Waals surface area contributed by atoms with Crippen LogP contribution < -0.4 is 10.6 Å². The van der Waals surface area contributed by atoms with Crippen molar-refractivity contribution in [3.8, 4) is 11.3 Å². The van der Waals surface area contributed by atoms with Crippen molar-refractivity contribution in [2.24, 2.45) is 7.05 Å². The van der Waals surface area contributed by atoms with Crippen LogP contribution >= 0.6 is 0 Å². The Bertz CT molecular complexity index is 1070. The van der Waals surface area contributed by atoms with E-state index < -0.39 is 0 Å². The van der Waals surface area contributed by atoms with E-state index in [1.165, 1.54) is 0 Å². The van der Waals surface area contributed by atoms with E-state index in [0.717, 1.165) is 27.8 Å². The lowest BCUT2D eigenvalue weighted by molar-refractivity contribution is -0.114. The van der Waals surface area contributed by atoms with Crippen molar-refractivity contribution < 1.29 is 4.79 Å². The van der Waals surface area contributed by atoms with Gasteiger partial charge in [0.15, 0.2) is 0 Å². The fourth-order valence-electron chi connectivity index (χ4n) is 2.71. The minimum Gasteiger partial charge on any atom is -0.376 e. The summed E-state index contributed by atoms with van der Waals surface area (Å²) in [6.45, 7) is 0.138. The number of benzene rings is 1. The van der Waals surface area contributed by atoms with Crippen LogP contribution in [0.25, 0.3) is 22.2 Å². The van der Waals surface area contributed by atoms with Crippen molar-refractivity contribution in [1.29, 1.82) is 0 Å². The highest BCUT2D eigenvalue weighted by molar-refractivity contribution is 5.93. The fourth-order valence-corrected chi connectivity index (χ4v) is 2.71. The Morgan fingerprint density at radius 2 is 2.00 bits per heavy atom. The smallest absolute Gasteiger partial charge is 0.244 e. The van der Waals surface area contributed by atoms with Crippen LogP contribution in [0.4, 0.5) is 11.5 Å². The minimum atomic E-state index is -0.180. The lowest BCUT2D eigenvalue weighted by Crippen LogP contribution is -2.22. The standard InChI is InChI=1S/C19H17N7O/c1-26-17-4-3-15(8-14(17)10-24-26)22-12-19(27)25-18-5-2-13(9-23-18)16-11-20-6-7-21-16/h2-11,22H,12H2,1H3,(H,23,25,27). The van der Waals surface area contributed by atoms with E-state index in [4.69, 9.17) is 0 Å². The van der Waals surface area contributed by atoms with E-state index in [9.17, 15) is 4.79 Å². The van der Waals surface area contributed by atoms with Gasteiger partial charge in [0.2, 0.25) is 5.91 Å². The van der Waals surface area contributed by atoms with Gasteiger partial charge in [-0.3, -0.25) is 19.4 Å². The molecule has 3 heterocycles. The van der Waals surface area contributed by atoms with Crippen LogP contribution in [-0.4, -0.2) is 37.2 Å². The Hall–Kier alpha value is -3.81. The molecule has 0 saturated carbocycles. The molecule has 1 aromatic carbocycles. The molecule has 0 aliphatic carbocycles. The molecule has 0 radical (unpaired) electrons. The summed E-state index contributed by atoms with van der Waals surface area (Å²) in [5.41, 5.74) is 3.47. The van der Waals surface area contributed by atoms with Gasteiger partial charge in [-0.05, 0) is 30.3 Å². The zero-order valence-electron chi connectivity index (χ0n) is 14.6. The first-order valence-corrected chi connectivity index (χ1v) is 8.37. The Balaban J connectivity index is 1.36. The van der Waals surface area contributed by atoms with Crippen molar-refractivity contribution in [1.82, 2.24) is 24.7 Å².